The molecular formula is C45H51F2N11O6. The van der Waals surface area contributed by atoms with Crippen LogP contribution < -0.4 is 21.2 Å². The van der Waals surface area contributed by atoms with Crippen LogP contribution in [0.4, 0.5) is 20.3 Å². The Hall–Kier alpha value is -5.97. The second-order valence-electron chi connectivity index (χ2n) is 17.9. The molecule has 4 saturated heterocycles. The highest BCUT2D eigenvalue weighted by atomic mass is 19.3. The lowest BCUT2D eigenvalue weighted by molar-refractivity contribution is -0.135. The number of hydrogen-bond acceptors (Lipinski definition) is 11. The summed E-state index contributed by atoms with van der Waals surface area (Å²) in [7, 11) is 1.66. The molecule has 5 aliphatic rings. The van der Waals surface area contributed by atoms with E-state index in [1.165, 1.54) is 26.0 Å². The van der Waals surface area contributed by atoms with E-state index in [0.717, 1.165) is 70.4 Å². The normalized spacial score (nSPS) is 26.2. The van der Waals surface area contributed by atoms with Gasteiger partial charge in [0.1, 0.15) is 24.0 Å². The third-order valence-electron chi connectivity index (χ3n) is 13.9. The summed E-state index contributed by atoms with van der Waals surface area (Å²) >= 11 is 0. The molecule has 1 saturated carbocycles. The Morgan fingerprint density at radius 1 is 1.08 bits per heavy atom. The molecule has 1 aliphatic carbocycles. The van der Waals surface area contributed by atoms with Gasteiger partial charge in [-0.3, -0.25) is 33.5 Å². The molecule has 3 amide bonds. The monoisotopic (exact) mass is 879 g/mol. The van der Waals surface area contributed by atoms with Crippen LogP contribution in [0.25, 0.3) is 16.7 Å². The Morgan fingerprint density at radius 2 is 1.92 bits per heavy atom. The molecular weight excluding hydrogens is 829 g/mol. The Bertz CT molecular complexity index is 2740. The average molecular weight is 880 g/mol. The van der Waals surface area contributed by atoms with Gasteiger partial charge in [-0.25, -0.2) is 23.1 Å². The quantitative estimate of drug-likeness (QED) is 0.151. The van der Waals surface area contributed by atoms with Gasteiger partial charge in [0, 0.05) is 51.5 Å². The van der Waals surface area contributed by atoms with E-state index in [1.54, 1.807) is 24.0 Å². The minimum atomic E-state index is -2.87. The maximum atomic E-state index is 14.3. The summed E-state index contributed by atoms with van der Waals surface area (Å²) in [6.07, 6.45) is 8.65. The maximum absolute atomic E-state index is 14.3. The van der Waals surface area contributed by atoms with Crippen molar-refractivity contribution in [2.75, 3.05) is 43.1 Å². The first-order valence-corrected chi connectivity index (χ1v) is 22.3. The molecule has 17 nitrogen and oxygen atoms in total. The van der Waals surface area contributed by atoms with Crippen molar-refractivity contribution in [3.8, 4) is 11.8 Å². The molecule has 8 heterocycles. The maximum Gasteiger partial charge on any atom is 0.329 e. The largest absolute Gasteiger partial charge is 0.374 e. The van der Waals surface area contributed by atoms with Crippen molar-refractivity contribution < 1.29 is 32.6 Å². The smallest absolute Gasteiger partial charge is 0.329 e. The van der Waals surface area contributed by atoms with Crippen molar-refractivity contribution in [2.24, 2.45) is 13.0 Å². The fraction of sp³-hybridized carbons (Fsp3) is 0.533. The average Bonchev–Trinajstić information content (AvgIpc) is 4.14. The summed E-state index contributed by atoms with van der Waals surface area (Å²) in [5.74, 6) is 6.12. The summed E-state index contributed by atoms with van der Waals surface area (Å²) in [5, 5.41) is 13.6. The van der Waals surface area contributed by atoms with Crippen molar-refractivity contribution in [1.82, 2.24) is 43.7 Å². The minimum absolute atomic E-state index is 0.0115. The Labute approximate surface area is 367 Å². The number of imidazole rings is 1. The number of ether oxygens (including phenoxy) is 2. The predicted molar refractivity (Wildman–Crippen MR) is 230 cm³/mol. The number of benzene rings is 1. The second-order valence-corrected chi connectivity index (χ2v) is 17.9. The highest BCUT2D eigenvalue weighted by Gasteiger charge is 2.40. The molecule has 19 heteroatoms. The lowest BCUT2D eigenvalue weighted by Crippen LogP contribution is -2.46. The summed E-state index contributed by atoms with van der Waals surface area (Å²) in [4.78, 5) is 60.6. The third-order valence-corrected chi connectivity index (χ3v) is 13.9. The van der Waals surface area contributed by atoms with Crippen molar-refractivity contribution in [2.45, 2.75) is 108 Å². The molecule has 5 atom stereocenters. The number of carbonyl (C=O) groups excluding carboxylic acids is 3. The van der Waals surface area contributed by atoms with Gasteiger partial charge in [0.2, 0.25) is 11.8 Å². The van der Waals surface area contributed by atoms with E-state index in [4.69, 9.17) is 14.5 Å². The van der Waals surface area contributed by atoms with Crippen molar-refractivity contribution >= 4 is 45.9 Å². The van der Waals surface area contributed by atoms with Gasteiger partial charge in [-0.1, -0.05) is 17.9 Å². The molecule has 1 aromatic carbocycles. The zero-order chi connectivity index (χ0) is 44.2. The van der Waals surface area contributed by atoms with Crippen LogP contribution in [0.2, 0.25) is 0 Å². The number of nitrogens with zero attached hydrogens (tertiary/aromatic N) is 9. The fourth-order valence-corrected chi connectivity index (χ4v) is 10.5. The Kier molecular flexibility index (Phi) is 11.3. The number of carbonyl (C=O) groups is 3. The SMILES string of the molecule is C[C@@H]1C[C@@H](OCC#Cc2cccc3c2n(C)c(=O)n3C2CCC(=O)NC2=O)CCN1CC1CCC(n2cc(NC(=O)c3cnn4ccc(N5C[C@H]6C[C@@H]5CO6)nc34)c(C(F)F)n2)CC1. The molecule has 2 bridgehead atoms. The number of amides is 3. The molecule has 1 unspecified atom stereocenters. The van der Waals surface area contributed by atoms with E-state index in [1.807, 2.05) is 18.2 Å². The Morgan fingerprint density at radius 3 is 2.67 bits per heavy atom. The van der Waals surface area contributed by atoms with Gasteiger partial charge in [-0.2, -0.15) is 10.2 Å². The van der Waals surface area contributed by atoms with Crippen LogP contribution in [0.1, 0.15) is 105 Å². The zero-order valence-electron chi connectivity index (χ0n) is 35.8. The van der Waals surface area contributed by atoms with Crippen LogP contribution in [-0.4, -0.2) is 113 Å². The Balaban J connectivity index is 0.712. The lowest BCUT2D eigenvalue weighted by atomic mass is 9.85. The number of anilines is 2. The molecule has 0 spiro atoms. The van der Waals surface area contributed by atoms with Gasteiger partial charge in [-0.05, 0) is 82.4 Å². The topological polar surface area (TPSA) is 175 Å². The van der Waals surface area contributed by atoms with Crippen LogP contribution in [0.5, 0.6) is 0 Å². The molecule has 10 rings (SSSR count). The molecule has 5 fully saturated rings. The van der Waals surface area contributed by atoms with Gasteiger partial charge in [-0.15, -0.1) is 0 Å². The second kappa shape index (κ2) is 17.2. The van der Waals surface area contributed by atoms with Gasteiger partial charge in [0.15, 0.2) is 11.3 Å². The van der Waals surface area contributed by atoms with E-state index in [0.29, 0.717) is 40.8 Å². The molecule has 4 aliphatic heterocycles. The summed E-state index contributed by atoms with van der Waals surface area (Å²) in [6.45, 7) is 5.68. The van der Waals surface area contributed by atoms with Crippen molar-refractivity contribution in [3.63, 3.8) is 0 Å². The van der Waals surface area contributed by atoms with Gasteiger partial charge in [0.05, 0.1) is 59.4 Å². The molecule has 0 radical (unpaired) electrons. The first-order valence-electron chi connectivity index (χ1n) is 22.3. The number of fused-ring (bicyclic) bond motifs is 4. The highest BCUT2D eigenvalue weighted by Crippen LogP contribution is 2.37. The number of nitrogens with one attached hydrogen (secondary N) is 2. The van der Waals surface area contributed by atoms with E-state index in [-0.39, 0.29) is 66.6 Å². The number of alkyl halides is 2. The predicted octanol–water partition coefficient (Wildman–Crippen LogP) is 4.38. The van der Waals surface area contributed by atoms with Gasteiger partial charge >= 0.3 is 5.69 Å². The minimum Gasteiger partial charge on any atom is -0.374 e. The summed E-state index contributed by atoms with van der Waals surface area (Å²) < 4.78 is 46.7. The fourth-order valence-electron chi connectivity index (χ4n) is 10.5. The van der Waals surface area contributed by atoms with Gasteiger partial charge in [0.25, 0.3) is 12.3 Å². The van der Waals surface area contributed by atoms with E-state index >= 15 is 0 Å². The van der Waals surface area contributed by atoms with E-state index < -0.39 is 30.0 Å². The van der Waals surface area contributed by atoms with Crippen LogP contribution >= 0.6 is 0 Å². The molecule has 4 aromatic heterocycles. The molecule has 5 aromatic rings. The summed E-state index contributed by atoms with van der Waals surface area (Å²) in [5.41, 5.74) is 1.62. The van der Waals surface area contributed by atoms with E-state index in [9.17, 15) is 28.0 Å². The number of imide groups is 1. The number of hydrogen-bond donors (Lipinski definition) is 2. The van der Waals surface area contributed by atoms with Crippen LogP contribution in [-0.2, 0) is 26.1 Å². The lowest BCUT2D eigenvalue weighted by Gasteiger charge is -2.40. The number of para-hydroxylation sites is 1. The van der Waals surface area contributed by atoms with E-state index in [2.05, 4.69) is 49.4 Å². The zero-order valence-corrected chi connectivity index (χ0v) is 35.8. The number of piperidine rings is 2. The number of aromatic nitrogens is 7. The van der Waals surface area contributed by atoms with Crippen molar-refractivity contribution in [1.29, 1.82) is 0 Å². The molecule has 64 heavy (non-hydrogen) atoms. The number of likely N-dealkylation sites (tertiary alicyclic amines) is 1. The highest BCUT2D eigenvalue weighted by molar-refractivity contribution is 6.08. The van der Waals surface area contributed by atoms with Crippen LogP contribution in [0.15, 0.2) is 47.7 Å². The summed E-state index contributed by atoms with van der Waals surface area (Å²) in [6, 6.07) is 7.04. The first-order chi connectivity index (χ1) is 31.0. The standard InChI is InChI=1S/C45H51F2N11O6/c1-26-19-31(63-18-4-6-28-5-3-7-35-40(28)53(2)45(62)58(35)36-12-13-38(59)51-44(36)61)14-16-54(26)22-27-8-10-29(11-9-27)57-24-34(39(52-57)41(46)47)49-43(60)33-21-48-56-17-15-37(50-42(33)56)55-23-32-20-30(55)25-64-32/h3,5,7,15,17,21,24,26-27,29-32,36,41H,8-14,16,18-20,22-23,25H2,1-2H3,(H,49,60)(H,51,59,61)/t26-,27?,29?,30-,31+,32-,36?/m1/s1. The van der Waals surface area contributed by atoms with Crippen molar-refractivity contribution in [3.05, 3.63) is 70.2 Å². The molecule has 2 N–H and O–H groups in total. The number of aryl methyl sites for hydroxylation is 1. The van der Waals surface area contributed by atoms with Crippen LogP contribution in [0.3, 0.4) is 0 Å². The van der Waals surface area contributed by atoms with Crippen LogP contribution in [0, 0.1) is 17.8 Å². The third kappa shape index (κ3) is 7.96. The number of halogens is 2. The van der Waals surface area contributed by atoms with Gasteiger partial charge < -0.3 is 24.6 Å². The molecule has 336 valence electrons. The number of morpholine rings is 1. The first kappa shape index (κ1) is 42.0. The number of rotatable bonds is 10.